The Kier molecular flexibility index (Phi) is 7.24. The zero-order chi connectivity index (χ0) is 13.9. The van der Waals surface area contributed by atoms with E-state index in [2.05, 4.69) is 15.0 Å². The average Bonchev–Trinajstić information content (AvgIpc) is 2.43. The number of nitrogens with one attached hydrogen (secondary N) is 1. The van der Waals surface area contributed by atoms with Gasteiger partial charge in [-0.3, -0.25) is 9.59 Å². The average molecular weight is 264 g/mol. The number of nitrogens with zero attached hydrogens (tertiary/aromatic N) is 1. The number of hydrogen-bond acceptors (Lipinski definition) is 4. The number of hydrogen-bond donors (Lipinski definition) is 1. The van der Waals surface area contributed by atoms with Crippen molar-refractivity contribution in [2.75, 3.05) is 12.4 Å². The zero-order valence-corrected chi connectivity index (χ0v) is 11.2. The first-order valence-electron chi connectivity index (χ1n) is 6.50. The fraction of sp³-hybridized carbons (Fsp3) is 0.500. The minimum Gasteiger partial charge on any atom is -0.469 e. The van der Waals surface area contributed by atoms with E-state index in [1.54, 1.807) is 18.3 Å². The van der Waals surface area contributed by atoms with Crippen LogP contribution >= 0.6 is 0 Å². The second kappa shape index (κ2) is 9.08. The second-order valence-electron chi connectivity index (χ2n) is 4.25. The Labute approximate surface area is 113 Å². The summed E-state index contributed by atoms with van der Waals surface area (Å²) in [5.74, 6) is 0.387. The molecule has 0 spiro atoms. The third-order valence-electron chi connectivity index (χ3n) is 2.69. The predicted octanol–water partition coefficient (Wildman–Crippen LogP) is 2.53. The van der Waals surface area contributed by atoms with Crippen LogP contribution in [0.4, 0.5) is 5.82 Å². The molecule has 0 radical (unpaired) electrons. The Morgan fingerprint density at radius 2 is 1.89 bits per heavy atom. The number of carbonyl (C=O) groups excluding carboxylic acids is 2. The molecule has 1 aromatic heterocycles. The van der Waals surface area contributed by atoms with Gasteiger partial charge < -0.3 is 10.1 Å². The third kappa shape index (κ3) is 7.18. The summed E-state index contributed by atoms with van der Waals surface area (Å²) in [6.45, 7) is 0. The molecule has 1 N–H and O–H groups in total. The number of rotatable bonds is 8. The van der Waals surface area contributed by atoms with Crippen LogP contribution in [0.15, 0.2) is 24.4 Å². The van der Waals surface area contributed by atoms with Gasteiger partial charge in [0.25, 0.3) is 0 Å². The van der Waals surface area contributed by atoms with Crippen molar-refractivity contribution in [1.29, 1.82) is 0 Å². The first-order chi connectivity index (χ1) is 9.22. The quantitative estimate of drug-likeness (QED) is 0.578. The summed E-state index contributed by atoms with van der Waals surface area (Å²) in [6.07, 6.45) is 6.08. The lowest BCUT2D eigenvalue weighted by Gasteiger charge is -2.04. The summed E-state index contributed by atoms with van der Waals surface area (Å²) < 4.78 is 4.55. The maximum Gasteiger partial charge on any atom is 0.305 e. The molecule has 0 aromatic carbocycles. The molecule has 0 bridgehead atoms. The van der Waals surface area contributed by atoms with Crippen molar-refractivity contribution < 1.29 is 14.3 Å². The van der Waals surface area contributed by atoms with Crippen molar-refractivity contribution in [3.63, 3.8) is 0 Å². The van der Waals surface area contributed by atoms with Crippen LogP contribution < -0.4 is 5.32 Å². The number of pyridine rings is 1. The lowest BCUT2D eigenvalue weighted by atomic mass is 10.1. The Hall–Kier alpha value is -1.91. The van der Waals surface area contributed by atoms with Crippen molar-refractivity contribution in [1.82, 2.24) is 4.98 Å². The first kappa shape index (κ1) is 15.1. The molecular weight excluding hydrogens is 244 g/mol. The monoisotopic (exact) mass is 264 g/mol. The van der Waals surface area contributed by atoms with Crippen LogP contribution in [0.1, 0.15) is 38.5 Å². The molecule has 0 aliphatic carbocycles. The molecular formula is C14H20N2O3. The van der Waals surface area contributed by atoms with Gasteiger partial charge in [-0.1, -0.05) is 18.9 Å². The molecule has 0 aliphatic rings. The van der Waals surface area contributed by atoms with Gasteiger partial charge in [-0.2, -0.15) is 0 Å². The highest BCUT2D eigenvalue weighted by Crippen LogP contribution is 2.07. The predicted molar refractivity (Wildman–Crippen MR) is 72.6 cm³/mol. The highest BCUT2D eigenvalue weighted by Gasteiger charge is 2.03. The zero-order valence-electron chi connectivity index (χ0n) is 11.2. The SMILES string of the molecule is COC(=O)CCCCCCC(=O)Nc1ccccn1. The second-order valence-corrected chi connectivity index (χ2v) is 4.25. The van der Waals surface area contributed by atoms with Gasteiger partial charge in [-0.05, 0) is 25.0 Å². The van der Waals surface area contributed by atoms with E-state index in [-0.39, 0.29) is 11.9 Å². The van der Waals surface area contributed by atoms with Gasteiger partial charge in [-0.25, -0.2) is 4.98 Å². The van der Waals surface area contributed by atoms with Crippen molar-refractivity contribution in [2.45, 2.75) is 38.5 Å². The number of unbranched alkanes of at least 4 members (excludes halogenated alkanes) is 3. The standard InChI is InChI=1S/C14H20N2O3/c1-19-14(18)10-5-3-2-4-9-13(17)16-12-8-6-7-11-15-12/h6-8,11H,2-5,9-10H2,1H3,(H,15,16,17). The largest absolute Gasteiger partial charge is 0.469 e. The number of aromatic nitrogens is 1. The molecule has 5 nitrogen and oxygen atoms in total. The van der Waals surface area contributed by atoms with Gasteiger partial charge in [-0.15, -0.1) is 0 Å². The summed E-state index contributed by atoms with van der Waals surface area (Å²) in [6, 6.07) is 5.39. The molecule has 5 heteroatoms. The maximum absolute atomic E-state index is 11.6. The Bertz CT molecular complexity index is 393. The van der Waals surface area contributed by atoms with Gasteiger partial charge in [0.1, 0.15) is 5.82 Å². The summed E-state index contributed by atoms with van der Waals surface area (Å²) in [4.78, 5) is 26.5. The minimum atomic E-state index is -0.173. The Morgan fingerprint density at radius 3 is 2.53 bits per heavy atom. The van der Waals surface area contributed by atoms with E-state index in [9.17, 15) is 9.59 Å². The van der Waals surface area contributed by atoms with E-state index >= 15 is 0 Å². The highest BCUT2D eigenvalue weighted by molar-refractivity contribution is 5.89. The molecule has 19 heavy (non-hydrogen) atoms. The van der Waals surface area contributed by atoms with Crippen LogP contribution in [0, 0.1) is 0 Å². The molecule has 0 fully saturated rings. The number of carbonyl (C=O) groups is 2. The molecule has 1 aromatic rings. The fourth-order valence-electron chi connectivity index (χ4n) is 1.65. The summed E-state index contributed by atoms with van der Waals surface area (Å²) in [5.41, 5.74) is 0. The Balaban J connectivity index is 2.03. The molecule has 0 saturated heterocycles. The van der Waals surface area contributed by atoms with E-state index in [4.69, 9.17) is 0 Å². The highest BCUT2D eigenvalue weighted by atomic mass is 16.5. The fourth-order valence-corrected chi connectivity index (χ4v) is 1.65. The van der Waals surface area contributed by atoms with E-state index in [0.717, 1.165) is 25.7 Å². The van der Waals surface area contributed by atoms with Gasteiger partial charge in [0.05, 0.1) is 7.11 Å². The lowest BCUT2D eigenvalue weighted by Crippen LogP contribution is -2.11. The molecule has 1 amide bonds. The van der Waals surface area contributed by atoms with Gasteiger partial charge in [0, 0.05) is 19.0 Å². The minimum absolute atomic E-state index is 0.0216. The summed E-state index contributed by atoms with van der Waals surface area (Å²) in [7, 11) is 1.39. The molecule has 0 saturated carbocycles. The van der Waals surface area contributed by atoms with E-state index in [1.807, 2.05) is 6.07 Å². The van der Waals surface area contributed by atoms with Crippen molar-refractivity contribution >= 4 is 17.7 Å². The molecule has 104 valence electrons. The number of amides is 1. The van der Waals surface area contributed by atoms with E-state index in [1.165, 1.54) is 7.11 Å². The van der Waals surface area contributed by atoms with Crippen molar-refractivity contribution in [2.24, 2.45) is 0 Å². The Morgan fingerprint density at radius 1 is 1.16 bits per heavy atom. The lowest BCUT2D eigenvalue weighted by molar-refractivity contribution is -0.140. The van der Waals surface area contributed by atoms with Crippen LogP contribution in [-0.4, -0.2) is 24.0 Å². The van der Waals surface area contributed by atoms with Crippen LogP contribution in [0.3, 0.4) is 0 Å². The molecule has 1 rings (SSSR count). The topological polar surface area (TPSA) is 68.3 Å². The number of ether oxygens (including phenoxy) is 1. The molecule has 0 unspecified atom stereocenters. The van der Waals surface area contributed by atoms with Crippen LogP contribution in [0.5, 0.6) is 0 Å². The van der Waals surface area contributed by atoms with Gasteiger partial charge >= 0.3 is 5.97 Å². The maximum atomic E-state index is 11.6. The number of esters is 1. The van der Waals surface area contributed by atoms with E-state index < -0.39 is 0 Å². The van der Waals surface area contributed by atoms with Crippen LogP contribution in [-0.2, 0) is 14.3 Å². The normalized spacial score (nSPS) is 9.95. The smallest absolute Gasteiger partial charge is 0.305 e. The summed E-state index contributed by atoms with van der Waals surface area (Å²) in [5, 5.41) is 2.74. The number of methoxy groups -OCH3 is 1. The molecule has 1 heterocycles. The van der Waals surface area contributed by atoms with Gasteiger partial charge in [0.15, 0.2) is 0 Å². The summed E-state index contributed by atoms with van der Waals surface area (Å²) >= 11 is 0. The van der Waals surface area contributed by atoms with Crippen LogP contribution in [0.25, 0.3) is 0 Å². The van der Waals surface area contributed by atoms with E-state index in [0.29, 0.717) is 18.7 Å². The molecule has 0 aliphatic heterocycles. The van der Waals surface area contributed by atoms with Crippen molar-refractivity contribution in [3.8, 4) is 0 Å². The first-order valence-corrected chi connectivity index (χ1v) is 6.50. The van der Waals surface area contributed by atoms with Crippen LogP contribution in [0.2, 0.25) is 0 Å². The van der Waals surface area contributed by atoms with Gasteiger partial charge in [0.2, 0.25) is 5.91 Å². The number of anilines is 1. The third-order valence-corrected chi connectivity index (χ3v) is 2.69. The molecule has 0 atom stereocenters. The van der Waals surface area contributed by atoms with Crippen molar-refractivity contribution in [3.05, 3.63) is 24.4 Å².